The number of likely N-dealkylation sites (N-methyl/N-ethyl adjacent to an activating group) is 2. The van der Waals surface area contributed by atoms with Crippen LogP contribution in [0.4, 0.5) is 0 Å². The van der Waals surface area contributed by atoms with Gasteiger partial charge in [0.25, 0.3) is 0 Å². The van der Waals surface area contributed by atoms with E-state index < -0.39 is 28.5 Å². The minimum absolute atomic E-state index is 0.0215. The number of rotatable bonds is 9. The van der Waals surface area contributed by atoms with Crippen molar-refractivity contribution in [3.63, 3.8) is 0 Å². The van der Waals surface area contributed by atoms with E-state index in [0.29, 0.717) is 10.8 Å². The van der Waals surface area contributed by atoms with Gasteiger partial charge in [0.2, 0.25) is 21.8 Å². The first-order chi connectivity index (χ1) is 14.6. The minimum Gasteiger partial charge on any atom is -0.497 e. The zero-order chi connectivity index (χ0) is 23.2. The Morgan fingerprint density at radius 1 is 1.10 bits per heavy atom. The summed E-state index contributed by atoms with van der Waals surface area (Å²) in [5.41, 5.74) is 0.771. The molecule has 0 aliphatic rings. The number of carbonyl (C=O) groups is 2. The Kier molecular flexibility index (Phi) is 8.43. The highest BCUT2D eigenvalue weighted by Crippen LogP contribution is 2.19. The maximum Gasteiger partial charge on any atom is 0.243 e. The van der Waals surface area contributed by atoms with Crippen LogP contribution in [-0.2, 0) is 26.2 Å². The lowest BCUT2D eigenvalue weighted by Gasteiger charge is -2.30. The molecule has 0 bridgehead atoms. The van der Waals surface area contributed by atoms with E-state index in [4.69, 9.17) is 16.3 Å². The molecule has 10 heteroatoms. The van der Waals surface area contributed by atoms with Crippen molar-refractivity contribution >= 4 is 33.4 Å². The fraction of sp³-hybridized carbons (Fsp3) is 0.333. The van der Waals surface area contributed by atoms with Gasteiger partial charge in [0.15, 0.2) is 0 Å². The number of carbonyl (C=O) groups excluding carboxylic acids is 2. The second-order valence-electron chi connectivity index (χ2n) is 6.87. The molecule has 0 aromatic heterocycles. The summed E-state index contributed by atoms with van der Waals surface area (Å²) >= 11 is 5.83. The third-order valence-electron chi connectivity index (χ3n) is 4.81. The summed E-state index contributed by atoms with van der Waals surface area (Å²) in [7, 11) is 0.439. The zero-order valence-electron chi connectivity index (χ0n) is 17.8. The molecule has 1 atom stereocenters. The number of sulfonamides is 1. The van der Waals surface area contributed by atoms with E-state index in [-0.39, 0.29) is 17.3 Å². The van der Waals surface area contributed by atoms with Gasteiger partial charge in [0.05, 0.1) is 18.6 Å². The molecule has 2 amide bonds. The summed E-state index contributed by atoms with van der Waals surface area (Å²) in [5, 5.41) is 2.93. The van der Waals surface area contributed by atoms with Crippen LogP contribution in [0.15, 0.2) is 53.4 Å². The van der Waals surface area contributed by atoms with E-state index in [1.165, 1.54) is 43.3 Å². The quantitative estimate of drug-likeness (QED) is 0.609. The largest absolute Gasteiger partial charge is 0.497 e. The second kappa shape index (κ2) is 10.6. The third-order valence-corrected chi connectivity index (χ3v) is 6.88. The summed E-state index contributed by atoms with van der Waals surface area (Å²) < 4.78 is 31.7. The van der Waals surface area contributed by atoms with E-state index in [9.17, 15) is 18.0 Å². The van der Waals surface area contributed by atoms with Gasteiger partial charge in [-0.2, -0.15) is 4.31 Å². The molecule has 1 N–H and O–H groups in total. The smallest absolute Gasteiger partial charge is 0.243 e. The van der Waals surface area contributed by atoms with Gasteiger partial charge in [-0.3, -0.25) is 9.59 Å². The highest BCUT2D eigenvalue weighted by Gasteiger charge is 2.29. The van der Waals surface area contributed by atoms with Crippen LogP contribution in [0.5, 0.6) is 5.75 Å². The molecule has 8 nitrogen and oxygen atoms in total. The second-order valence-corrected chi connectivity index (χ2v) is 9.36. The first-order valence-corrected chi connectivity index (χ1v) is 11.3. The number of nitrogens with zero attached hydrogens (tertiary/aromatic N) is 2. The van der Waals surface area contributed by atoms with E-state index >= 15 is 0 Å². The monoisotopic (exact) mass is 467 g/mol. The van der Waals surface area contributed by atoms with Crippen molar-refractivity contribution in [2.75, 3.05) is 27.7 Å². The Morgan fingerprint density at radius 2 is 1.68 bits per heavy atom. The van der Waals surface area contributed by atoms with Crippen molar-refractivity contribution in [3.8, 4) is 5.75 Å². The molecule has 0 saturated carbocycles. The summed E-state index contributed by atoms with van der Waals surface area (Å²) in [6.45, 7) is 1.29. The Balaban J connectivity index is 2.24. The number of benzene rings is 2. The number of halogens is 1. The third kappa shape index (κ3) is 6.19. The van der Waals surface area contributed by atoms with Gasteiger partial charge >= 0.3 is 0 Å². The molecule has 0 aliphatic carbocycles. The van der Waals surface area contributed by atoms with Crippen molar-refractivity contribution in [1.82, 2.24) is 14.5 Å². The maximum absolute atomic E-state index is 13.1. The number of ether oxygens (including phenoxy) is 1. The lowest BCUT2D eigenvalue weighted by atomic mass is 10.1. The number of hydrogen-bond donors (Lipinski definition) is 1. The number of methoxy groups -OCH3 is 1. The van der Waals surface area contributed by atoms with Crippen molar-refractivity contribution < 1.29 is 22.7 Å². The molecule has 0 aliphatic heterocycles. The van der Waals surface area contributed by atoms with Crippen LogP contribution in [0.25, 0.3) is 0 Å². The highest BCUT2D eigenvalue weighted by atomic mass is 35.5. The van der Waals surface area contributed by atoms with Gasteiger partial charge in [0, 0.05) is 25.7 Å². The van der Waals surface area contributed by atoms with Gasteiger partial charge in [-0.15, -0.1) is 0 Å². The standard InChI is InChI=1S/C21H26ClN3O5S/c1-15(21(27)23-2)25(13-16-5-9-18(30-4)10-6-16)20(26)14-24(3)31(28,29)19-11-7-17(22)8-12-19/h5-12,15H,13-14H2,1-4H3,(H,23,27)/t15-/m1/s1. The fourth-order valence-corrected chi connectivity index (χ4v) is 4.12. The number of hydrogen-bond acceptors (Lipinski definition) is 5. The van der Waals surface area contributed by atoms with Crippen molar-refractivity contribution in [1.29, 1.82) is 0 Å². The van der Waals surface area contributed by atoms with Crippen LogP contribution in [0, 0.1) is 0 Å². The molecule has 0 saturated heterocycles. The van der Waals surface area contributed by atoms with Crippen LogP contribution in [-0.4, -0.2) is 63.2 Å². The van der Waals surface area contributed by atoms with Crippen LogP contribution in [0.3, 0.4) is 0 Å². The van der Waals surface area contributed by atoms with Gasteiger partial charge in [-0.25, -0.2) is 8.42 Å². The Labute approximate surface area is 187 Å². The molecule has 2 aromatic carbocycles. The van der Waals surface area contributed by atoms with Gasteiger partial charge in [-0.1, -0.05) is 23.7 Å². The van der Waals surface area contributed by atoms with Crippen LogP contribution >= 0.6 is 11.6 Å². The fourth-order valence-electron chi connectivity index (χ4n) is 2.87. The van der Waals surface area contributed by atoms with Crippen LogP contribution in [0.1, 0.15) is 12.5 Å². The lowest BCUT2D eigenvalue weighted by Crippen LogP contribution is -2.50. The topological polar surface area (TPSA) is 96.0 Å². The summed E-state index contributed by atoms with van der Waals surface area (Å²) in [5.74, 6) is -0.202. The Bertz CT molecular complexity index is 1010. The summed E-state index contributed by atoms with van der Waals surface area (Å²) in [6.07, 6.45) is 0. The first kappa shape index (κ1) is 24.6. The molecule has 0 radical (unpaired) electrons. The van der Waals surface area contributed by atoms with E-state index in [2.05, 4.69) is 5.32 Å². The molecule has 0 heterocycles. The van der Waals surface area contributed by atoms with Gasteiger partial charge in [-0.05, 0) is 48.9 Å². The minimum atomic E-state index is -3.91. The van der Waals surface area contributed by atoms with Gasteiger partial charge < -0.3 is 15.0 Å². The van der Waals surface area contributed by atoms with Gasteiger partial charge in [0.1, 0.15) is 11.8 Å². The van der Waals surface area contributed by atoms with Crippen LogP contribution < -0.4 is 10.1 Å². The molecular weight excluding hydrogens is 442 g/mol. The van der Waals surface area contributed by atoms with Crippen molar-refractivity contribution in [3.05, 3.63) is 59.1 Å². The average molecular weight is 468 g/mol. The first-order valence-electron chi connectivity index (χ1n) is 9.46. The lowest BCUT2D eigenvalue weighted by molar-refractivity contribution is -0.140. The van der Waals surface area contributed by atoms with E-state index in [1.807, 2.05) is 0 Å². The predicted molar refractivity (Wildman–Crippen MR) is 118 cm³/mol. The molecular formula is C21H26ClN3O5S. The Morgan fingerprint density at radius 3 is 2.19 bits per heavy atom. The highest BCUT2D eigenvalue weighted by molar-refractivity contribution is 7.89. The number of amides is 2. The number of nitrogens with one attached hydrogen (secondary N) is 1. The Hall–Kier alpha value is -2.62. The van der Waals surface area contributed by atoms with E-state index in [1.54, 1.807) is 38.3 Å². The molecule has 0 fully saturated rings. The van der Waals surface area contributed by atoms with Crippen LogP contribution in [0.2, 0.25) is 5.02 Å². The maximum atomic E-state index is 13.1. The summed E-state index contributed by atoms with van der Waals surface area (Å²) in [6, 6.07) is 11.9. The normalized spacial score (nSPS) is 12.3. The predicted octanol–water partition coefficient (Wildman–Crippen LogP) is 2.13. The molecule has 168 valence electrons. The molecule has 2 rings (SSSR count). The molecule has 31 heavy (non-hydrogen) atoms. The molecule has 0 spiro atoms. The summed E-state index contributed by atoms with van der Waals surface area (Å²) in [4.78, 5) is 26.6. The molecule has 0 unspecified atom stereocenters. The molecule has 2 aromatic rings. The van der Waals surface area contributed by atoms with Crippen molar-refractivity contribution in [2.45, 2.75) is 24.4 Å². The average Bonchev–Trinajstić information content (AvgIpc) is 2.76. The SMILES string of the molecule is CNC(=O)[C@@H](C)N(Cc1ccc(OC)cc1)C(=O)CN(C)S(=O)(=O)c1ccc(Cl)cc1. The van der Waals surface area contributed by atoms with E-state index in [0.717, 1.165) is 9.87 Å². The zero-order valence-corrected chi connectivity index (χ0v) is 19.4. The van der Waals surface area contributed by atoms with Crippen molar-refractivity contribution in [2.24, 2.45) is 0 Å².